The van der Waals surface area contributed by atoms with E-state index in [-0.39, 0.29) is 0 Å². The Morgan fingerprint density at radius 1 is 0.0976 bits per heavy atom. The van der Waals surface area contributed by atoms with Crippen LogP contribution in [0.25, 0.3) is 225 Å². The molecule has 0 amide bonds. The highest BCUT2D eigenvalue weighted by Crippen LogP contribution is 2.49. The van der Waals surface area contributed by atoms with Gasteiger partial charge in [-0.3, -0.25) is 0 Å². The summed E-state index contributed by atoms with van der Waals surface area (Å²) >= 11 is 0. The van der Waals surface area contributed by atoms with Crippen LogP contribution < -0.4 is 0 Å². The number of nitrogens with zero attached hydrogens (tertiary/aromatic N) is 3. The molecule has 0 aliphatic heterocycles. The van der Waals surface area contributed by atoms with E-state index < -0.39 is 0 Å². The number of rotatable bonds is 10. The Morgan fingerprint density at radius 2 is 0.293 bits per heavy atom. The van der Waals surface area contributed by atoms with Crippen LogP contribution in [-0.2, 0) is 0 Å². The van der Waals surface area contributed by atoms with E-state index in [0.717, 1.165) is 0 Å². The van der Waals surface area contributed by atoms with E-state index in [9.17, 15) is 0 Å². The molecule has 0 spiro atoms. The van der Waals surface area contributed by atoms with Crippen LogP contribution in [-0.4, -0.2) is 13.7 Å². The van der Waals surface area contributed by atoms with Gasteiger partial charge >= 0.3 is 0 Å². The van der Waals surface area contributed by atoms with Crippen molar-refractivity contribution in [2.24, 2.45) is 0 Å². The van der Waals surface area contributed by atoms with Gasteiger partial charge in [0.25, 0.3) is 0 Å². The van der Waals surface area contributed by atoms with Gasteiger partial charge in [-0.05, 0) is 221 Å². The van der Waals surface area contributed by atoms with Crippen molar-refractivity contribution in [2.75, 3.05) is 0 Å². The molecule has 0 saturated carbocycles. The molecule has 0 aliphatic carbocycles. The molecule has 3 heteroatoms. The standard InChI is InChI=1S/C44H29N.2C38H25N/c1-3-13-31(14-4-1)43-36-18-7-9-20-38(36)44(39-21-10-8-19-37(39)43)32-25-23-30(24-26-32)33-27-28-42-40(29-33)35-17-11-12-22-41(35)45(42)34-15-5-2-6-16-34;1-2-13-26(14-3-1)37-31-19-4-6-21-33(31)38(34-22-7-5-20-32(34)37)27-15-12-16-28(25-27)39-35-23-10-8-17-29(35)30-18-9-11-24-36(30)39;1-2-12-26(13-3-1)37-31-16-4-6-18-33(31)38(34-19-7-5-17-32(34)37)27-22-24-28(25-23-27)39-35-20-10-8-14-29(35)30-15-9-11-21-36(30)39/h1-29H;2*1-25H. The monoisotopic (exact) mass is 1560 g/mol. The molecule has 0 unspecified atom stereocenters. The molecule has 123 heavy (non-hydrogen) atoms. The summed E-state index contributed by atoms with van der Waals surface area (Å²) in [6.07, 6.45) is 0. The van der Waals surface area contributed by atoms with Crippen LogP contribution in [0.5, 0.6) is 0 Å². The fraction of sp³-hybridized carbons (Fsp3) is 0. The Morgan fingerprint density at radius 3 is 0.610 bits per heavy atom. The maximum atomic E-state index is 2.40. The molecule has 0 radical (unpaired) electrons. The van der Waals surface area contributed by atoms with Crippen molar-refractivity contribution in [2.45, 2.75) is 0 Å². The van der Waals surface area contributed by atoms with Crippen LogP contribution in [0.1, 0.15) is 0 Å². The number of para-hydroxylation sites is 6. The fourth-order valence-corrected chi connectivity index (χ4v) is 19.9. The summed E-state index contributed by atoms with van der Waals surface area (Å²) in [5, 5.41) is 23.0. The highest BCUT2D eigenvalue weighted by molar-refractivity contribution is 6.25. The van der Waals surface area contributed by atoms with E-state index in [1.807, 2.05) is 0 Å². The van der Waals surface area contributed by atoms with Crippen LogP contribution >= 0.6 is 0 Å². The SMILES string of the molecule is c1ccc(-c2c3ccccc3c(-c3ccc(-c4ccc5c(c4)c4ccccc4n5-c4ccccc4)cc3)c3ccccc23)cc1.c1ccc(-c2c3ccccc3c(-c3ccc(-n4c5ccccc5c5ccccc54)cc3)c3ccccc23)cc1.c1ccc(-c2c3ccccc3c(-c3cccc(-n4c5ccccc5c5ccccc54)c3)c3ccccc23)cc1. The number of hydrogen-bond acceptors (Lipinski definition) is 0. The lowest BCUT2D eigenvalue weighted by molar-refractivity contribution is 1.18. The average Bonchev–Trinajstić information content (AvgIpc) is 1.73. The van der Waals surface area contributed by atoms with Crippen molar-refractivity contribution in [3.63, 3.8) is 0 Å². The maximum absolute atomic E-state index is 2.40. The molecule has 25 aromatic rings. The third-order valence-electron chi connectivity index (χ3n) is 25.1. The number of hydrogen-bond donors (Lipinski definition) is 0. The van der Waals surface area contributed by atoms with E-state index in [1.165, 1.54) is 225 Å². The van der Waals surface area contributed by atoms with Crippen molar-refractivity contribution in [1.29, 1.82) is 0 Å². The minimum Gasteiger partial charge on any atom is -0.309 e. The van der Waals surface area contributed by atoms with Gasteiger partial charge in [0.1, 0.15) is 0 Å². The molecule has 0 aliphatic rings. The normalized spacial score (nSPS) is 11.6. The van der Waals surface area contributed by atoms with E-state index in [4.69, 9.17) is 0 Å². The molecule has 0 atom stereocenters. The Hall–Kier alpha value is -16.2. The molecule has 3 nitrogen and oxygen atoms in total. The summed E-state index contributed by atoms with van der Waals surface area (Å²) < 4.78 is 7.15. The third kappa shape index (κ3) is 12.4. The largest absolute Gasteiger partial charge is 0.309 e. The van der Waals surface area contributed by atoms with Crippen molar-refractivity contribution in [3.05, 3.63) is 479 Å². The van der Waals surface area contributed by atoms with Crippen LogP contribution in [0, 0.1) is 0 Å². The number of aromatic nitrogens is 3. The van der Waals surface area contributed by atoms with Gasteiger partial charge in [0.2, 0.25) is 0 Å². The predicted molar refractivity (Wildman–Crippen MR) is 525 cm³/mol. The average molecular weight is 1560 g/mol. The predicted octanol–water partition coefficient (Wildman–Crippen LogP) is 32.9. The first-order valence-electron chi connectivity index (χ1n) is 42.5. The third-order valence-corrected chi connectivity index (χ3v) is 25.1. The highest BCUT2D eigenvalue weighted by atomic mass is 15.0. The zero-order valence-corrected chi connectivity index (χ0v) is 67.5. The lowest BCUT2D eigenvalue weighted by Crippen LogP contribution is -1.95. The Bertz CT molecular complexity index is 8100. The van der Waals surface area contributed by atoms with Gasteiger partial charge < -0.3 is 13.7 Å². The zero-order chi connectivity index (χ0) is 81.3. The van der Waals surface area contributed by atoms with Crippen LogP contribution in [0.2, 0.25) is 0 Å². The topological polar surface area (TPSA) is 14.8 Å². The summed E-state index contributed by atoms with van der Waals surface area (Å²) in [6.45, 7) is 0. The molecule has 25 rings (SSSR count). The van der Waals surface area contributed by atoms with Crippen LogP contribution in [0.15, 0.2) is 479 Å². The molecule has 22 aromatic carbocycles. The Kier molecular flexibility index (Phi) is 17.9. The smallest absolute Gasteiger partial charge is 0.0541 e. The van der Waals surface area contributed by atoms with Crippen LogP contribution in [0.3, 0.4) is 0 Å². The van der Waals surface area contributed by atoms with Gasteiger partial charge in [0, 0.05) is 49.4 Å². The van der Waals surface area contributed by atoms with Crippen molar-refractivity contribution in [1.82, 2.24) is 13.7 Å². The highest BCUT2D eigenvalue weighted by Gasteiger charge is 2.23. The second kappa shape index (κ2) is 30.6. The van der Waals surface area contributed by atoms with Gasteiger partial charge in [-0.15, -0.1) is 0 Å². The van der Waals surface area contributed by atoms with E-state index in [0.29, 0.717) is 0 Å². The summed E-state index contributed by atoms with van der Waals surface area (Å²) in [5.74, 6) is 0. The first-order valence-corrected chi connectivity index (χ1v) is 42.5. The molecule has 3 heterocycles. The maximum Gasteiger partial charge on any atom is 0.0541 e. The Balaban J connectivity index is 0.000000107. The second-order valence-corrected chi connectivity index (χ2v) is 32.0. The molecular weight excluding hydrogens is 1480 g/mol. The molecule has 0 saturated heterocycles. The molecular formula is C120H79N3. The minimum atomic E-state index is 1.17. The quantitative estimate of drug-likeness (QED) is 0.121. The number of fused-ring (bicyclic) bond motifs is 15. The van der Waals surface area contributed by atoms with Crippen molar-refractivity contribution >= 4 is 130 Å². The van der Waals surface area contributed by atoms with Crippen LogP contribution in [0.4, 0.5) is 0 Å². The lowest BCUT2D eigenvalue weighted by atomic mass is 9.86. The molecule has 574 valence electrons. The minimum absolute atomic E-state index is 1.17. The van der Waals surface area contributed by atoms with Crippen molar-refractivity contribution < 1.29 is 0 Å². The van der Waals surface area contributed by atoms with Gasteiger partial charge in [-0.1, -0.05) is 400 Å². The Labute approximate surface area is 713 Å². The summed E-state index contributed by atoms with van der Waals surface area (Å²) in [7, 11) is 0. The van der Waals surface area contributed by atoms with E-state index >= 15 is 0 Å². The van der Waals surface area contributed by atoms with Crippen molar-refractivity contribution in [3.8, 4) is 95.0 Å². The molecule has 0 fully saturated rings. The number of benzene rings is 22. The summed E-state index contributed by atoms with van der Waals surface area (Å²) in [5.41, 5.74) is 28.5. The molecule has 0 bridgehead atoms. The van der Waals surface area contributed by atoms with Gasteiger partial charge in [-0.2, -0.15) is 0 Å². The second-order valence-electron chi connectivity index (χ2n) is 32.0. The zero-order valence-electron chi connectivity index (χ0n) is 67.5. The first kappa shape index (κ1) is 72.1. The van der Waals surface area contributed by atoms with Gasteiger partial charge in [-0.25, -0.2) is 0 Å². The van der Waals surface area contributed by atoms with Gasteiger partial charge in [0.05, 0.1) is 33.1 Å². The molecule has 3 aromatic heterocycles. The molecule has 0 N–H and O–H groups in total. The fourth-order valence-electron chi connectivity index (χ4n) is 19.9. The van der Waals surface area contributed by atoms with E-state index in [1.54, 1.807) is 0 Å². The van der Waals surface area contributed by atoms with E-state index in [2.05, 4.69) is 493 Å². The summed E-state index contributed by atoms with van der Waals surface area (Å²) in [4.78, 5) is 0. The van der Waals surface area contributed by atoms with Gasteiger partial charge in [0.15, 0.2) is 0 Å². The lowest BCUT2D eigenvalue weighted by Gasteiger charge is -2.18. The summed E-state index contributed by atoms with van der Waals surface area (Å²) in [6, 6.07) is 174. The first-order chi connectivity index (χ1) is 61.1.